The van der Waals surface area contributed by atoms with E-state index in [0.717, 1.165) is 5.56 Å². The van der Waals surface area contributed by atoms with Crippen molar-refractivity contribution in [2.24, 2.45) is 10.7 Å². The lowest BCUT2D eigenvalue weighted by molar-refractivity contribution is -0.119. The van der Waals surface area contributed by atoms with Crippen molar-refractivity contribution in [1.29, 1.82) is 10.8 Å². The molecule has 0 aromatic heterocycles. The summed E-state index contributed by atoms with van der Waals surface area (Å²) in [6.07, 6.45) is 0. The van der Waals surface area contributed by atoms with Crippen LogP contribution in [0.4, 0.5) is 5.69 Å². The molecule has 0 bridgehead atoms. The average molecular weight is 384 g/mol. The highest BCUT2D eigenvalue weighted by Gasteiger charge is 2.25. The molecule has 138 valence electrons. The van der Waals surface area contributed by atoms with E-state index in [1.54, 1.807) is 37.3 Å². The van der Waals surface area contributed by atoms with E-state index in [1.165, 1.54) is 4.90 Å². The predicted octanol–water partition coefficient (Wildman–Crippen LogP) is 2.84. The van der Waals surface area contributed by atoms with Crippen molar-refractivity contribution in [2.75, 3.05) is 18.1 Å². The zero-order valence-electron chi connectivity index (χ0n) is 14.6. The lowest BCUT2D eigenvalue weighted by Crippen LogP contribution is -2.35. The average Bonchev–Trinajstić information content (AvgIpc) is 2.76. The van der Waals surface area contributed by atoms with Gasteiger partial charge >= 0.3 is 0 Å². The Morgan fingerprint density at radius 3 is 2.63 bits per heavy atom. The van der Waals surface area contributed by atoms with Gasteiger partial charge in [-0.3, -0.25) is 25.5 Å². The number of hydrogen-bond donors (Lipinski definition) is 3. The van der Waals surface area contributed by atoms with Gasteiger partial charge in [-0.2, -0.15) is 0 Å². The van der Waals surface area contributed by atoms with Crippen molar-refractivity contribution >= 4 is 40.6 Å². The second-order valence-electron chi connectivity index (χ2n) is 5.97. The normalized spacial score (nSPS) is 13.5. The summed E-state index contributed by atoms with van der Waals surface area (Å²) in [4.78, 5) is 17.1. The zero-order chi connectivity index (χ0) is 19.6. The first-order valence-electron chi connectivity index (χ1n) is 8.15. The number of amidine groups is 2. The predicted molar refractivity (Wildman–Crippen MR) is 107 cm³/mol. The molecule has 1 heterocycles. The number of nitrogens with one attached hydrogen (secondary N) is 2. The molecule has 27 heavy (non-hydrogen) atoms. The van der Waals surface area contributed by atoms with Gasteiger partial charge in [-0.15, -0.1) is 0 Å². The van der Waals surface area contributed by atoms with Crippen LogP contribution in [0.5, 0.6) is 5.75 Å². The summed E-state index contributed by atoms with van der Waals surface area (Å²) in [7, 11) is 0. The monoisotopic (exact) mass is 383 g/mol. The van der Waals surface area contributed by atoms with Crippen molar-refractivity contribution < 1.29 is 9.53 Å². The number of anilines is 1. The molecular weight excluding hydrogens is 366 g/mol. The van der Waals surface area contributed by atoms with Gasteiger partial charge in [0, 0.05) is 16.1 Å². The molecule has 0 fully saturated rings. The highest BCUT2D eigenvalue weighted by Crippen LogP contribution is 2.31. The number of nitrogens with two attached hydrogens (primary N) is 1. The SMILES string of the molecule is CC(=N)N1C(=N)CN=C(c2ccc(Cl)cc2)c2cc(OCC(N)=O)ccc21. The third-order valence-electron chi connectivity index (χ3n) is 3.96. The van der Waals surface area contributed by atoms with Gasteiger partial charge in [0.25, 0.3) is 5.91 Å². The third-order valence-corrected chi connectivity index (χ3v) is 4.21. The number of primary amides is 1. The van der Waals surface area contributed by atoms with Crippen LogP contribution in [-0.4, -0.2) is 36.4 Å². The molecule has 0 saturated carbocycles. The topological polar surface area (TPSA) is 116 Å². The van der Waals surface area contributed by atoms with Crippen LogP contribution in [0.1, 0.15) is 18.1 Å². The lowest BCUT2D eigenvalue weighted by atomic mass is 9.99. The number of benzene rings is 2. The van der Waals surface area contributed by atoms with E-state index in [1.807, 2.05) is 12.1 Å². The van der Waals surface area contributed by atoms with Gasteiger partial charge in [0.2, 0.25) is 0 Å². The van der Waals surface area contributed by atoms with E-state index in [-0.39, 0.29) is 24.8 Å². The highest BCUT2D eigenvalue weighted by molar-refractivity contribution is 6.31. The number of hydrogen-bond acceptors (Lipinski definition) is 5. The smallest absolute Gasteiger partial charge is 0.255 e. The van der Waals surface area contributed by atoms with Gasteiger partial charge in [0.1, 0.15) is 17.4 Å². The van der Waals surface area contributed by atoms with Gasteiger partial charge in [-0.05, 0) is 37.3 Å². The molecule has 4 N–H and O–H groups in total. The van der Waals surface area contributed by atoms with Gasteiger partial charge in [-0.1, -0.05) is 23.7 Å². The Bertz CT molecular complexity index is 953. The van der Waals surface area contributed by atoms with E-state index in [2.05, 4.69) is 4.99 Å². The summed E-state index contributed by atoms with van der Waals surface area (Å²) in [6.45, 7) is 1.50. The Labute approximate surface area is 161 Å². The number of rotatable bonds is 4. The van der Waals surface area contributed by atoms with E-state index >= 15 is 0 Å². The second-order valence-corrected chi connectivity index (χ2v) is 6.41. The molecule has 7 nitrogen and oxygen atoms in total. The number of carbonyl (C=O) groups excluding carboxylic acids is 1. The molecule has 0 atom stereocenters. The largest absolute Gasteiger partial charge is 0.484 e. The first kappa shape index (κ1) is 18.6. The summed E-state index contributed by atoms with van der Waals surface area (Å²) in [5.41, 5.74) is 7.96. The Hall–Kier alpha value is -3.19. The summed E-state index contributed by atoms with van der Waals surface area (Å²) in [6, 6.07) is 12.4. The van der Waals surface area contributed by atoms with E-state index < -0.39 is 5.91 Å². The number of halogens is 1. The van der Waals surface area contributed by atoms with Gasteiger partial charge < -0.3 is 10.5 Å². The summed E-state index contributed by atoms with van der Waals surface area (Å²) >= 11 is 5.99. The molecule has 2 aromatic rings. The van der Waals surface area contributed by atoms with Gasteiger partial charge in [-0.25, -0.2) is 0 Å². The fourth-order valence-corrected chi connectivity index (χ4v) is 2.96. The maximum atomic E-state index is 11.0. The quantitative estimate of drug-likeness (QED) is 0.556. The Balaban J connectivity index is 2.15. The number of carbonyl (C=O) groups is 1. The molecule has 0 saturated heterocycles. The van der Waals surface area contributed by atoms with E-state index in [9.17, 15) is 4.79 Å². The number of amides is 1. The maximum absolute atomic E-state index is 11.0. The van der Waals surface area contributed by atoms with Crippen LogP contribution in [0.15, 0.2) is 47.5 Å². The van der Waals surface area contributed by atoms with Crippen LogP contribution in [-0.2, 0) is 4.79 Å². The fourth-order valence-electron chi connectivity index (χ4n) is 2.84. The van der Waals surface area contributed by atoms with E-state index in [0.29, 0.717) is 27.7 Å². The van der Waals surface area contributed by atoms with Crippen LogP contribution >= 0.6 is 11.6 Å². The Morgan fingerprint density at radius 1 is 1.30 bits per heavy atom. The molecular formula is C19H18ClN5O2. The molecule has 2 aromatic carbocycles. The lowest BCUT2D eigenvalue weighted by Gasteiger charge is -2.24. The van der Waals surface area contributed by atoms with Gasteiger partial charge in [0.15, 0.2) is 6.61 Å². The first-order chi connectivity index (χ1) is 12.9. The zero-order valence-corrected chi connectivity index (χ0v) is 15.4. The highest BCUT2D eigenvalue weighted by atomic mass is 35.5. The molecule has 0 unspecified atom stereocenters. The molecule has 1 aliphatic rings. The van der Waals surface area contributed by atoms with Crippen molar-refractivity contribution in [2.45, 2.75) is 6.92 Å². The molecule has 0 radical (unpaired) electrons. The Kier molecular flexibility index (Phi) is 5.23. The number of nitrogens with zero attached hydrogens (tertiary/aromatic N) is 2. The molecule has 0 spiro atoms. The van der Waals surface area contributed by atoms with Crippen molar-refractivity contribution in [3.8, 4) is 5.75 Å². The minimum absolute atomic E-state index is 0.125. The van der Waals surface area contributed by atoms with Crippen LogP contribution in [0.25, 0.3) is 0 Å². The molecule has 1 amide bonds. The van der Waals surface area contributed by atoms with Gasteiger partial charge in [0.05, 0.1) is 17.9 Å². The number of aliphatic imine (C=N–C) groups is 1. The van der Waals surface area contributed by atoms with Crippen LogP contribution < -0.4 is 15.4 Å². The molecule has 3 rings (SSSR count). The minimum Gasteiger partial charge on any atom is -0.484 e. The number of fused-ring (bicyclic) bond motifs is 1. The maximum Gasteiger partial charge on any atom is 0.255 e. The molecule has 0 aliphatic carbocycles. The number of benzodiazepines with no additional fused rings is 1. The van der Waals surface area contributed by atoms with Crippen molar-refractivity contribution in [3.05, 3.63) is 58.6 Å². The number of ether oxygens (including phenoxy) is 1. The summed E-state index contributed by atoms with van der Waals surface area (Å²) in [5, 5.41) is 17.0. The van der Waals surface area contributed by atoms with Crippen molar-refractivity contribution in [1.82, 2.24) is 0 Å². The third kappa shape index (κ3) is 3.98. The standard InChI is InChI=1S/C19H18ClN5O2/c1-11(21)25-16-7-6-14(27-10-18(23)26)8-15(16)19(24-9-17(25)22)12-2-4-13(20)5-3-12/h2-8,21-22H,9-10H2,1H3,(H2,23,26). The second kappa shape index (κ2) is 7.59. The molecule has 1 aliphatic heterocycles. The molecule has 8 heteroatoms. The Morgan fingerprint density at radius 2 is 2.00 bits per heavy atom. The van der Waals surface area contributed by atoms with Crippen LogP contribution in [0.2, 0.25) is 5.02 Å². The summed E-state index contributed by atoms with van der Waals surface area (Å²) in [5.74, 6) is 0.277. The first-order valence-corrected chi connectivity index (χ1v) is 8.53. The fraction of sp³-hybridized carbons (Fsp3) is 0.158. The van der Waals surface area contributed by atoms with Crippen LogP contribution in [0.3, 0.4) is 0 Å². The summed E-state index contributed by atoms with van der Waals surface area (Å²) < 4.78 is 5.42. The van der Waals surface area contributed by atoms with Crippen LogP contribution in [0, 0.1) is 10.8 Å². The van der Waals surface area contributed by atoms with Crippen molar-refractivity contribution in [3.63, 3.8) is 0 Å². The minimum atomic E-state index is -0.574. The van der Waals surface area contributed by atoms with E-state index in [4.69, 9.17) is 32.9 Å².